The van der Waals surface area contributed by atoms with E-state index < -0.39 is 0 Å². The molecule has 0 aromatic heterocycles. The molecule has 19 heavy (non-hydrogen) atoms. The Morgan fingerprint density at radius 2 is 1.00 bits per heavy atom. The second-order valence-electron chi connectivity index (χ2n) is 5.27. The van der Waals surface area contributed by atoms with Gasteiger partial charge in [0, 0.05) is 0 Å². The van der Waals surface area contributed by atoms with Gasteiger partial charge in [0.05, 0.1) is 0 Å². The van der Waals surface area contributed by atoms with Crippen molar-refractivity contribution in [3.05, 3.63) is 71.8 Å². The minimum Gasteiger partial charge on any atom is -0.0683 e. The molecule has 0 saturated heterocycles. The van der Waals surface area contributed by atoms with Crippen LogP contribution in [0.2, 0.25) is 0 Å². The van der Waals surface area contributed by atoms with Gasteiger partial charge >= 0.3 is 0 Å². The van der Waals surface area contributed by atoms with Crippen LogP contribution in [-0.4, -0.2) is 0 Å². The third-order valence-corrected chi connectivity index (χ3v) is 2.58. The summed E-state index contributed by atoms with van der Waals surface area (Å²) in [5.74, 6) is 0. The van der Waals surface area contributed by atoms with Crippen molar-refractivity contribution in [3.63, 3.8) is 0 Å². The number of hydrogen-bond donors (Lipinski definition) is 0. The van der Waals surface area contributed by atoms with Crippen LogP contribution in [0.4, 0.5) is 0 Å². The SMILES string of the molecule is CC.CC(C)(C)c1ccccc1.Cc1ccccc1. The fraction of sp³-hybridized carbons (Fsp3) is 0.368. The van der Waals surface area contributed by atoms with Crippen molar-refractivity contribution in [2.45, 2.75) is 47.0 Å². The zero-order valence-corrected chi connectivity index (χ0v) is 13.3. The summed E-state index contributed by atoms with van der Waals surface area (Å²) in [7, 11) is 0. The number of aryl methyl sites for hydroxylation is 1. The van der Waals surface area contributed by atoms with Crippen molar-refractivity contribution in [3.8, 4) is 0 Å². The Hall–Kier alpha value is -1.56. The lowest BCUT2D eigenvalue weighted by atomic mass is 9.87. The normalized spacial score (nSPS) is 9.58. The van der Waals surface area contributed by atoms with Crippen LogP contribution in [0.15, 0.2) is 60.7 Å². The highest BCUT2D eigenvalue weighted by Crippen LogP contribution is 2.20. The molecule has 0 radical (unpaired) electrons. The van der Waals surface area contributed by atoms with Crippen molar-refractivity contribution in [2.75, 3.05) is 0 Å². The maximum absolute atomic E-state index is 2.22. The molecule has 0 spiro atoms. The summed E-state index contributed by atoms with van der Waals surface area (Å²) in [4.78, 5) is 0. The molecule has 0 amide bonds. The minimum absolute atomic E-state index is 0.293. The molecule has 0 nitrogen and oxygen atoms in total. The van der Waals surface area contributed by atoms with E-state index in [9.17, 15) is 0 Å². The van der Waals surface area contributed by atoms with Gasteiger partial charge in [-0.05, 0) is 17.9 Å². The van der Waals surface area contributed by atoms with Crippen LogP contribution in [0, 0.1) is 6.92 Å². The summed E-state index contributed by atoms with van der Waals surface area (Å²) in [6.45, 7) is 12.8. The lowest BCUT2D eigenvalue weighted by Gasteiger charge is -2.18. The molecule has 0 aliphatic heterocycles. The predicted molar refractivity (Wildman–Crippen MR) is 87.7 cm³/mol. The lowest BCUT2D eigenvalue weighted by Crippen LogP contribution is -2.10. The average molecular weight is 256 g/mol. The van der Waals surface area contributed by atoms with Crippen molar-refractivity contribution >= 4 is 0 Å². The Labute approximate surface area is 119 Å². The summed E-state index contributed by atoms with van der Waals surface area (Å²) in [6.07, 6.45) is 0. The van der Waals surface area contributed by atoms with Crippen LogP contribution in [0.25, 0.3) is 0 Å². The van der Waals surface area contributed by atoms with Crippen LogP contribution in [0.5, 0.6) is 0 Å². The van der Waals surface area contributed by atoms with E-state index in [-0.39, 0.29) is 0 Å². The largest absolute Gasteiger partial charge is 0.0683 e. The highest BCUT2D eigenvalue weighted by Gasteiger charge is 2.11. The quantitative estimate of drug-likeness (QED) is 0.542. The molecule has 0 fully saturated rings. The zero-order chi connectivity index (χ0) is 14.7. The smallest absolute Gasteiger partial charge is 0.0132 e. The van der Waals surface area contributed by atoms with Gasteiger partial charge in [-0.2, -0.15) is 0 Å². The van der Waals surface area contributed by atoms with Crippen LogP contribution >= 0.6 is 0 Å². The van der Waals surface area contributed by atoms with Gasteiger partial charge in [0.2, 0.25) is 0 Å². The molecule has 0 unspecified atom stereocenters. The van der Waals surface area contributed by atoms with Gasteiger partial charge in [0.15, 0.2) is 0 Å². The maximum atomic E-state index is 2.22. The van der Waals surface area contributed by atoms with Gasteiger partial charge < -0.3 is 0 Å². The van der Waals surface area contributed by atoms with Gasteiger partial charge in [0.25, 0.3) is 0 Å². The van der Waals surface area contributed by atoms with E-state index in [4.69, 9.17) is 0 Å². The molecule has 2 aromatic carbocycles. The molecule has 0 N–H and O–H groups in total. The molecule has 0 atom stereocenters. The third-order valence-electron chi connectivity index (χ3n) is 2.58. The molecule has 0 bridgehead atoms. The summed E-state index contributed by atoms with van der Waals surface area (Å²) >= 11 is 0. The average Bonchev–Trinajstić information content (AvgIpc) is 2.43. The first-order valence-corrected chi connectivity index (χ1v) is 7.07. The molecule has 0 aliphatic rings. The molecule has 0 heteroatoms. The van der Waals surface area contributed by atoms with Crippen LogP contribution in [0.3, 0.4) is 0 Å². The topological polar surface area (TPSA) is 0 Å². The fourth-order valence-electron chi connectivity index (χ4n) is 1.47. The molecule has 0 aliphatic carbocycles. The Morgan fingerprint density at radius 1 is 0.632 bits per heavy atom. The standard InChI is InChI=1S/C10H14.C7H8.C2H6/c1-10(2,3)9-7-5-4-6-8-9;1-7-5-3-2-4-6-7;1-2/h4-8H,1-3H3;2-6H,1H3;1-2H3. The van der Waals surface area contributed by atoms with Crippen molar-refractivity contribution < 1.29 is 0 Å². The first kappa shape index (κ1) is 17.4. The number of benzene rings is 2. The molecule has 2 rings (SSSR count). The molecule has 2 aromatic rings. The van der Waals surface area contributed by atoms with Crippen molar-refractivity contribution in [1.82, 2.24) is 0 Å². The second kappa shape index (κ2) is 9.38. The fourth-order valence-corrected chi connectivity index (χ4v) is 1.47. The Balaban J connectivity index is 0.000000316. The first-order chi connectivity index (χ1) is 9.00. The van der Waals surface area contributed by atoms with Gasteiger partial charge in [-0.25, -0.2) is 0 Å². The van der Waals surface area contributed by atoms with Gasteiger partial charge in [0.1, 0.15) is 0 Å². The number of rotatable bonds is 0. The summed E-state index contributed by atoms with van der Waals surface area (Å²) in [6, 6.07) is 20.8. The van der Waals surface area contributed by atoms with Gasteiger partial charge in [-0.3, -0.25) is 0 Å². The van der Waals surface area contributed by atoms with E-state index in [1.54, 1.807) is 0 Å². The summed E-state index contributed by atoms with van der Waals surface area (Å²) < 4.78 is 0. The van der Waals surface area contributed by atoms with E-state index in [1.807, 2.05) is 32.0 Å². The van der Waals surface area contributed by atoms with Crippen LogP contribution < -0.4 is 0 Å². The van der Waals surface area contributed by atoms with Crippen LogP contribution in [-0.2, 0) is 5.41 Å². The van der Waals surface area contributed by atoms with Gasteiger partial charge in [-0.1, -0.05) is 101 Å². The minimum atomic E-state index is 0.293. The Kier molecular flexibility index (Phi) is 8.61. The van der Waals surface area contributed by atoms with E-state index in [2.05, 4.69) is 70.2 Å². The first-order valence-electron chi connectivity index (χ1n) is 7.07. The van der Waals surface area contributed by atoms with Crippen LogP contribution in [0.1, 0.15) is 45.7 Å². The third kappa shape index (κ3) is 8.20. The molecular weight excluding hydrogens is 228 g/mol. The zero-order valence-electron chi connectivity index (χ0n) is 13.3. The highest BCUT2D eigenvalue weighted by molar-refractivity contribution is 5.22. The molecule has 0 saturated carbocycles. The monoisotopic (exact) mass is 256 g/mol. The molecule has 0 heterocycles. The molecule has 104 valence electrons. The Bertz CT molecular complexity index is 407. The second-order valence-corrected chi connectivity index (χ2v) is 5.27. The molecular formula is C19H28. The summed E-state index contributed by atoms with van der Waals surface area (Å²) in [5.41, 5.74) is 3.01. The maximum Gasteiger partial charge on any atom is -0.0132 e. The summed E-state index contributed by atoms with van der Waals surface area (Å²) in [5, 5.41) is 0. The van der Waals surface area contributed by atoms with Crippen molar-refractivity contribution in [1.29, 1.82) is 0 Å². The van der Waals surface area contributed by atoms with Gasteiger partial charge in [-0.15, -0.1) is 0 Å². The van der Waals surface area contributed by atoms with Crippen molar-refractivity contribution in [2.24, 2.45) is 0 Å². The van der Waals surface area contributed by atoms with E-state index >= 15 is 0 Å². The van der Waals surface area contributed by atoms with E-state index in [1.165, 1.54) is 11.1 Å². The van der Waals surface area contributed by atoms with E-state index in [0.29, 0.717) is 5.41 Å². The Morgan fingerprint density at radius 3 is 1.21 bits per heavy atom. The lowest BCUT2D eigenvalue weighted by molar-refractivity contribution is 0.590. The van der Waals surface area contributed by atoms with E-state index in [0.717, 1.165) is 0 Å². The number of hydrogen-bond acceptors (Lipinski definition) is 0. The highest BCUT2D eigenvalue weighted by atomic mass is 14.2. The predicted octanol–water partition coefficient (Wildman–Crippen LogP) is 6.01.